The van der Waals surface area contributed by atoms with E-state index in [2.05, 4.69) is 121 Å². The van der Waals surface area contributed by atoms with Gasteiger partial charge in [0.05, 0.1) is 5.41 Å². The molecule has 0 N–H and O–H groups in total. The van der Waals surface area contributed by atoms with Gasteiger partial charge in [0, 0.05) is 10.6 Å². The van der Waals surface area contributed by atoms with Gasteiger partial charge in [-0.25, -0.2) is 4.39 Å². The van der Waals surface area contributed by atoms with Crippen molar-refractivity contribution < 1.29 is 4.39 Å². The van der Waals surface area contributed by atoms with E-state index in [4.69, 9.17) is 11.6 Å². The fourth-order valence-electron chi connectivity index (χ4n) is 7.11. The van der Waals surface area contributed by atoms with Crippen LogP contribution in [0.5, 0.6) is 0 Å². The normalized spacial score (nSPS) is 13.1. The summed E-state index contributed by atoms with van der Waals surface area (Å²) in [6.45, 7) is 0. The van der Waals surface area contributed by atoms with Gasteiger partial charge in [-0.1, -0.05) is 145 Å². The number of halogens is 2. The van der Waals surface area contributed by atoms with Gasteiger partial charge in [-0.05, 0) is 85.1 Å². The van der Waals surface area contributed by atoms with Crippen molar-refractivity contribution >= 4 is 22.4 Å². The number of hydrogen-bond donors (Lipinski definition) is 0. The maximum atomic E-state index is 15.2. The second-order valence-corrected chi connectivity index (χ2v) is 11.5. The van der Waals surface area contributed by atoms with Gasteiger partial charge < -0.3 is 0 Å². The molecule has 0 atom stereocenters. The van der Waals surface area contributed by atoms with E-state index in [0.29, 0.717) is 5.02 Å². The summed E-state index contributed by atoms with van der Waals surface area (Å²) in [5, 5.41) is 3.08. The van der Waals surface area contributed by atoms with Gasteiger partial charge >= 0.3 is 0 Å². The highest BCUT2D eigenvalue weighted by Gasteiger charge is 2.47. The first-order valence-corrected chi connectivity index (χ1v) is 14.9. The van der Waals surface area contributed by atoms with E-state index in [-0.39, 0.29) is 5.82 Å². The molecular weight excluding hydrogens is 547 g/mol. The molecule has 0 bridgehead atoms. The maximum Gasteiger partial charge on any atom is 0.123 e. The molecule has 0 nitrogen and oxygen atoms in total. The Labute approximate surface area is 255 Å². The maximum absolute atomic E-state index is 15.2. The highest BCUT2D eigenvalue weighted by atomic mass is 35.5. The molecule has 0 aromatic heterocycles. The molecule has 2 heteroatoms. The number of rotatable bonds is 4. The Hall–Kier alpha value is -4.98. The predicted molar refractivity (Wildman–Crippen MR) is 177 cm³/mol. The van der Waals surface area contributed by atoms with Crippen LogP contribution in [-0.4, -0.2) is 0 Å². The minimum absolute atomic E-state index is 0.250. The van der Waals surface area contributed by atoms with Gasteiger partial charge in [-0.15, -0.1) is 0 Å². The first kappa shape index (κ1) is 25.7. The molecule has 1 aliphatic rings. The van der Waals surface area contributed by atoms with E-state index in [1.54, 1.807) is 12.1 Å². The molecule has 8 rings (SSSR count). The third-order valence-electron chi connectivity index (χ3n) is 8.89. The first-order valence-electron chi connectivity index (χ1n) is 14.5. The summed E-state index contributed by atoms with van der Waals surface area (Å²) in [7, 11) is 0. The summed E-state index contributed by atoms with van der Waals surface area (Å²) >= 11 is 7.04. The second kappa shape index (κ2) is 10.1. The zero-order valence-corrected chi connectivity index (χ0v) is 24.0. The second-order valence-electron chi connectivity index (χ2n) is 11.1. The van der Waals surface area contributed by atoms with Crippen molar-refractivity contribution in [3.8, 4) is 33.4 Å². The smallest absolute Gasteiger partial charge is 0.123 e. The zero-order chi connectivity index (χ0) is 29.0. The fraction of sp³-hybridized carbons (Fsp3) is 0.0244. The number of hydrogen-bond acceptors (Lipinski definition) is 0. The highest BCUT2D eigenvalue weighted by molar-refractivity contribution is 6.33. The molecule has 0 saturated heterocycles. The molecule has 7 aromatic carbocycles. The van der Waals surface area contributed by atoms with E-state index in [1.165, 1.54) is 10.8 Å². The van der Waals surface area contributed by atoms with Crippen LogP contribution in [0.15, 0.2) is 158 Å². The summed E-state index contributed by atoms with van der Waals surface area (Å²) in [6, 6.07) is 53.7. The lowest BCUT2D eigenvalue weighted by atomic mass is 9.67. The van der Waals surface area contributed by atoms with Crippen LogP contribution in [0.1, 0.15) is 22.3 Å². The van der Waals surface area contributed by atoms with Crippen LogP contribution < -0.4 is 0 Å². The first-order chi connectivity index (χ1) is 21.2. The average Bonchev–Trinajstić information content (AvgIpc) is 3.36. The molecule has 0 aliphatic heterocycles. The molecule has 0 spiro atoms. The van der Waals surface area contributed by atoms with Crippen LogP contribution in [0, 0.1) is 5.82 Å². The van der Waals surface area contributed by atoms with Gasteiger partial charge in [-0.2, -0.15) is 0 Å². The third-order valence-corrected chi connectivity index (χ3v) is 9.22. The van der Waals surface area contributed by atoms with Crippen molar-refractivity contribution in [2.75, 3.05) is 0 Å². The molecular formula is C41H26ClF. The minimum atomic E-state index is -0.689. The van der Waals surface area contributed by atoms with E-state index in [1.807, 2.05) is 24.3 Å². The summed E-state index contributed by atoms with van der Waals surface area (Å²) in [6.07, 6.45) is 0. The monoisotopic (exact) mass is 572 g/mol. The molecule has 0 heterocycles. The Balaban J connectivity index is 1.44. The Morgan fingerprint density at radius 2 is 1.12 bits per heavy atom. The van der Waals surface area contributed by atoms with Crippen molar-refractivity contribution in [3.63, 3.8) is 0 Å². The fourth-order valence-corrected chi connectivity index (χ4v) is 7.33. The number of benzene rings is 7. The molecule has 1 aliphatic carbocycles. The van der Waals surface area contributed by atoms with E-state index in [9.17, 15) is 0 Å². The van der Waals surface area contributed by atoms with Gasteiger partial charge in [0.25, 0.3) is 0 Å². The van der Waals surface area contributed by atoms with Crippen LogP contribution in [0.2, 0.25) is 5.02 Å². The molecule has 0 amide bonds. The quantitative estimate of drug-likeness (QED) is 0.197. The van der Waals surface area contributed by atoms with Crippen LogP contribution in [0.25, 0.3) is 44.2 Å². The lowest BCUT2D eigenvalue weighted by Gasteiger charge is -2.34. The summed E-state index contributed by atoms with van der Waals surface area (Å²) in [5.74, 6) is -0.250. The number of fused-ring (bicyclic) bond motifs is 4. The predicted octanol–water partition coefficient (Wildman–Crippen LogP) is 11.3. The largest absolute Gasteiger partial charge is 0.207 e. The van der Waals surface area contributed by atoms with Gasteiger partial charge in [0.1, 0.15) is 5.82 Å². The molecule has 0 fully saturated rings. The van der Waals surface area contributed by atoms with Crippen molar-refractivity contribution in [3.05, 3.63) is 191 Å². The minimum Gasteiger partial charge on any atom is -0.207 e. The van der Waals surface area contributed by atoms with E-state index in [0.717, 1.165) is 55.6 Å². The van der Waals surface area contributed by atoms with Crippen molar-refractivity contribution in [1.82, 2.24) is 0 Å². The molecule has 0 radical (unpaired) electrons. The Morgan fingerprint density at radius 3 is 1.88 bits per heavy atom. The standard InChI is InChI=1S/C41H26ClF/c42-39-24-21-28(33-18-9-12-27-11-7-8-17-32(27)33)25-36(39)34-19-10-20-37-40(34)35-23-22-31(43)26-38(35)41(37,29-13-3-1-4-14-29)30-15-5-2-6-16-30/h1-26H. The van der Waals surface area contributed by atoms with Gasteiger partial charge in [-0.3, -0.25) is 0 Å². The summed E-state index contributed by atoms with van der Waals surface area (Å²) in [4.78, 5) is 0. The molecule has 0 saturated carbocycles. The van der Waals surface area contributed by atoms with Crippen LogP contribution in [0.3, 0.4) is 0 Å². The Bertz CT molecular complexity index is 2100. The Kier molecular flexibility index (Phi) is 6.03. The van der Waals surface area contributed by atoms with Gasteiger partial charge in [0.2, 0.25) is 0 Å². The molecule has 7 aromatic rings. The van der Waals surface area contributed by atoms with Crippen molar-refractivity contribution in [2.45, 2.75) is 5.41 Å². The summed E-state index contributed by atoms with van der Waals surface area (Å²) < 4.78 is 15.2. The third kappa shape index (κ3) is 3.89. The SMILES string of the molecule is Fc1ccc2c(c1)C(c1ccccc1)(c1ccccc1)c1cccc(-c3cc(-c4cccc5ccccc45)ccc3Cl)c1-2. The van der Waals surface area contributed by atoms with E-state index >= 15 is 4.39 Å². The van der Waals surface area contributed by atoms with Crippen LogP contribution >= 0.6 is 11.6 Å². The van der Waals surface area contributed by atoms with E-state index < -0.39 is 5.41 Å². The lowest BCUT2D eigenvalue weighted by molar-refractivity contribution is 0.621. The topological polar surface area (TPSA) is 0 Å². The lowest BCUT2D eigenvalue weighted by Crippen LogP contribution is -2.28. The molecule has 43 heavy (non-hydrogen) atoms. The van der Waals surface area contributed by atoms with Crippen LogP contribution in [-0.2, 0) is 5.41 Å². The molecule has 0 unspecified atom stereocenters. The van der Waals surface area contributed by atoms with Crippen molar-refractivity contribution in [2.24, 2.45) is 0 Å². The van der Waals surface area contributed by atoms with Crippen LogP contribution in [0.4, 0.5) is 4.39 Å². The van der Waals surface area contributed by atoms with Crippen molar-refractivity contribution in [1.29, 1.82) is 0 Å². The zero-order valence-electron chi connectivity index (χ0n) is 23.3. The highest BCUT2D eigenvalue weighted by Crippen LogP contribution is 2.58. The Morgan fingerprint density at radius 1 is 0.465 bits per heavy atom. The van der Waals surface area contributed by atoms with Gasteiger partial charge in [0.15, 0.2) is 0 Å². The average molecular weight is 573 g/mol. The molecule has 204 valence electrons. The summed E-state index contributed by atoms with van der Waals surface area (Å²) in [5.41, 5.74) is 9.92.